The number of nitrogens with zero attached hydrogens (tertiary/aromatic N) is 3. The fraction of sp³-hybridized carbons (Fsp3) is 0.286. The maximum absolute atomic E-state index is 14.0. The minimum absolute atomic E-state index is 0. The molecule has 3 aromatic rings. The minimum Gasteiger partial charge on any atom is -0.368 e. The van der Waals surface area contributed by atoms with E-state index in [4.69, 9.17) is 0 Å². The topological polar surface area (TPSA) is 58.9 Å². The summed E-state index contributed by atoms with van der Waals surface area (Å²) in [7, 11) is 0. The van der Waals surface area contributed by atoms with Gasteiger partial charge >= 0.3 is 12.4 Å². The molecule has 34 heavy (non-hydrogen) atoms. The standard InChI is InChI=1S/C21H14F8N3O.Pt/c1-18(2,13-6-3-5-12(30-13)11-9-10-16(22)32-17(11)23)14-7-4-8-15(31-14)19(33,20(24,25)26)21(27,28)29;/h3-8,10,33H,1-2H3;/q-1;. The molecule has 0 spiro atoms. The predicted octanol–water partition coefficient (Wildman–Crippen LogP) is 5.25. The van der Waals surface area contributed by atoms with E-state index >= 15 is 0 Å². The maximum atomic E-state index is 14.0. The number of halogens is 8. The van der Waals surface area contributed by atoms with Crippen LogP contribution in [0.4, 0.5) is 35.1 Å². The number of pyridine rings is 3. The fourth-order valence-corrected chi connectivity index (χ4v) is 3.04. The van der Waals surface area contributed by atoms with Gasteiger partial charge in [0.15, 0.2) is 0 Å². The van der Waals surface area contributed by atoms with Gasteiger partial charge in [0, 0.05) is 32.2 Å². The van der Waals surface area contributed by atoms with E-state index in [1.165, 1.54) is 32.0 Å². The number of hydrogen-bond acceptors (Lipinski definition) is 4. The molecular weight excluding hydrogens is 657 g/mol. The van der Waals surface area contributed by atoms with Crippen molar-refractivity contribution in [3.8, 4) is 11.3 Å². The van der Waals surface area contributed by atoms with Crippen LogP contribution in [0.25, 0.3) is 11.3 Å². The van der Waals surface area contributed by atoms with E-state index in [0.717, 1.165) is 18.2 Å². The molecule has 0 fully saturated rings. The van der Waals surface area contributed by atoms with Crippen LogP contribution < -0.4 is 0 Å². The molecule has 0 radical (unpaired) electrons. The van der Waals surface area contributed by atoms with Gasteiger partial charge in [-0.05, 0) is 37.7 Å². The molecule has 1 N–H and O–H groups in total. The molecule has 0 amide bonds. The van der Waals surface area contributed by atoms with Crippen molar-refractivity contribution in [2.24, 2.45) is 0 Å². The second-order valence-corrected chi connectivity index (χ2v) is 7.54. The van der Waals surface area contributed by atoms with Crippen molar-refractivity contribution in [1.29, 1.82) is 0 Å². The Morgan fingerprint density at radius 1 is 0.765 bits per heavy atom. The van der Waals surface area contributed by atoms with Gasteiger partial charge in [-0.15, -0.1) is 6.07 Å². The van der Waals surface area contributed by atoms with Gasteiger partial charge in [0.25, 0.3) is 5.60 Å². The molecule has 3 aromatic heterocycles. The molecule has 0 bridgehead atoms. The Hall–Kier alpha value is -2.46. The molecule has 186 valence electrons. The van der Waals surface area contributed by atoms with Gasteiger partial charge < -0.3 is 10.1 Å². The molecule has 0 unspecified atom stereocenters. The van der Waals surface area contributed by atoms with Crippen LogP contribution in [0.2, 0.25) is 0 Å². The summed E-state index contributed by atoms with van der Waals surface area (Å²) in [6.07, 6.45) is -12.2. The zero-order valence-electron chi connectivity index (χ0n) is 17.2. The Morgan fingerprint density at radius 3 is 1.79 bits per heavy atom. The zero-order valence-corrected chi connectivity index (χ0v) is 19.4. The molecular formula is C21H14F8N3OPt-. The van der Waals surface area contributed by atoms with E-state index in [0.29, 0.717) is 6.07 Å². The third kappa shape index (κ3) is 4.83. The summed E-state index contributed by atoms with van der Waals surface area (Å²) < 4.78 is 107. The van der Waals surface area contributed by atoms with Crippen LogP contribution in [0, 0.1) is 18.0 Å². The first-order chi connectivity index (χ1) is 15.1. The fourth-order valence-electron chi connectivity index (χ4n) is 3.04. The van der Waals surface area contributed by atoms with Gasteiger partial charge in [0.1, 0.15) is 11.9 Å². The van der Waals surface area contributed by atoms with Crippen LogP contribution in [0.5, 0.6) is 0 Å². The van der Waals surface area contributed by atoms with Crippen molar-refractivity contribution in [3.05, 3.63) is 77.5 Å². The molecule has 13 heteroatoms. The van der Waals surface area contributed by atoms with Gasteiger partial charge in [-0.3, -0.25) is 9.97 Å². The second-order valence-electron chi connectivity index (χ2n) is 7.54. The molecule has 0 saturated carbocycles. The first-order valence-corrected chi connectivity index (χ1v) is 9.14. The van der Waals surface area contributed by atoms with Crippen LogP contribution >= 0.6 is 0 Å². The van der Waals surface area contributed by atoms with Crippen LogP contribution in [-0.4, -0.2) is 32.4 Å². The van der Waals surface area contributed by atoms with Crippen LogP contribution in [0.1, 0.15) is 30.9 Å². The molecule has 0 aliphatic carbocycles. The van der Waals surface area contributed by atoms with Crippen molar-refractivity contribution in [3.63, 3.8) is 0 Å². The quantitative estimate of drug-likeness (QED) is 0.234. The monoisotopic (exact) mass is 671 g/mol. The second kappa shape index (κ2) is 9.30. The van der Waals surface area contributed by atoms with E-state index < -0.39 is 41.0 Å². The molecule has 0 aromatic carbocycles. The smallest absolute Gasteiger partial charge is 0.368 e. The number of rotatable bonds is 4. The third-order valence-corrected chi connectivity index (χ3v) is 4.97. The summed E-state index contributed by atoms with van der Waals surface area (Å²) in [6.45, 7) is 2.82. The first-order valence-electron chi connectivity index (χ1n) is 9.14. The van der Waals surface area contributed by atoms with E-state index in [1.54, 1.807) is 0 Å². The summed E-state index contributed by atoms with van der Waals surface area (Å²) in [5, 5.41) is 9.65. The van der Waals surface area contributed by atoms with Crippen molar-refractivity contribution in [1.82, 2.24) is 15.0 Å². The molecule has 0 atom stereocenters. The molecule has 3 heterocycles. The summed E-state index contributed by atoms with van der Waals surface area (Å²) >= 11 is 0. The SMILES string of the molecule is CC(C)(c1cccc(-c2[c-]cc(F)nc2F)n1)c1cccc(C(O)(C(F)(F)F)C(F)(F)F)n1.[Pt]. The number of aromatic nitrogens is 3. The van der Waals surface area contributed by atoms with Crippen molar-refractivity contribution in [2.45, 2.75) is 37.2 Å². The van der Waals surface area contributed by atoms with Crippen LogP contribution in [0.3, 0.4) is 0 Å². The number of alkyl halides is 6. The zero-order chi connectivity index (χ0) is 24.8. The molecule has 0 aliphatic heterocycles. The summed E-state index contributed by atoms with van der Waals surface area (Å²) in [5.74, 6) is -2.33. The summed E-state index contributed by atoms with van der Waals surface area (Å²) in [6, 6.07) is 9.71. The van der Waals surface area contributed by atoms with E-state index in [-0.39, 0.29) is 43.7 Å². The Bertz CT molecular complexity index is 1170. The van der Waals surface area contributed by atoms with Gasteiger partial charge in [0.2, 0.25) is 0 Å². The van der Waals surface area contributed by atoms with Crippen LogP contribution in [-0.2, 0) is 32.1 Å². The Balaban J connectivity index is 0.00000408. The first kappa shape index (κ1) is 27.8. The molecule has 3 rings (SSSR count). The molecule has 4 nitrogen and oxygen atoms in total. The maximum Gasteiger partial charge on any atom is 0.432 e. The van der Waals surface area contributed by atoms with Gasteiger partial charge in [-0.1, -0.05) is 29.8 Å². The van der Waals surface area contributed by atoms with Gasteiger partial charge in [-0.25, -0.2) is 8.78 Å². The van der Waals surface area contributed by atoms with Crippen molar-refractivity contribution >= 4 is 0 Å². The number of aliphatic hydroxyl groups is 1. The largest absolute Gasteiger partial charge is 0.432 e. The summed E-state index contributed by atoms with van der Waals surface area (Å²) in [5.41, 5.74) is -8.79. The predicted molar refractivity (Wildman–Crippen MR) is 98.6 cm³/mol. The Kier molecular flexibility index (Phi) is 7.60. The minimum atomic E-state index is -6.10. The Labute approximate surface area is 202 Å². The van der Waals surface area contributed by atoms with Gasteiger partial charge in [-0.2, -0.15) is 26.3 Å². The third-order valence-electron chi connectivity index (χ3n) is 4.97. The average molecular weight is 671 g/mol. The van der Waals surface area contributed by atoms with Crippen molar-refractivity contribution < 1.29 is 61.3 Å². The van der Waals surface area contributed by atoms with Crippen molar-refractivity contribution in [2.75, 3.05) is 0 Å². The molecule has 0 saturated heterocycles. The van der Waals surface area contributed by atoms with Crippen LogP contribution in [0.15, 0.2) is 42.5 Å². The van der Waals surface area contributed by atoms with E-state index in [2.05, 4.69) is 21.0 Å². The average Bonchev–Trinajstić information content (AvgIpc) is 2.71. The normalized spacial score (nSPS) is 12.9. The van der Waals surface area contributed by atoms with Gasteiger partial charge in [0.05, 0.1) is 11.4 Å². The van der Waals surface area contributed by atoms with E-state index in [9.17, 15) is 40.2 Å². The molecule has 0 aliphatic rings. The summed E-state index contributed by atoms with van der Waals surface area (Å²) in [4.78, 5) is 10.7. The number of hydrogen-bond donors (Lipinski definition) is 1. The van der Waals surface area contributed by atoms with E-state index in [1.807, 2.05) is 0 Å². The Morgan fingerprint density at radius 2 is 1.26 bits per heavy atom.